The quantitative estimate of drug-likeness (QED) is 0.636. The van der Waals surface area contributed by atoms with Crippen LogP contribution in [0.15, 0.2) is 22.5 Å². The van der Waals surface area contributed by atoms with Crippen molar-refractivity contribution in [3.8, 4) is 5.88 Å². The predicted molar refractivity (Wildman–Crippen MR) is 89.5 cm³/mol. The molecule has 1 aromatic heterocycles. The first-order chi connectivity index (χ1) is 10.5. The van der Waals surface area contributed by atoms with Crippen molar-refractivity contribution in [1.82, 2.24) is 14.6 Å². The third-order valence-corrected chi connectivity index (χ3v) is 4.04. The SMILES string of the molecule is CC1=CCCC(n2nc(OCCCNCl)c(C)c(Cl)c2=O)=C1. The summed E-state index contributed by atoms with van der Waals surface area (Å²) in [4.78, 5) is 14.9. The normalized spacial score (nSPS) is 14.5. The predicted octanol–water partition coefficient (Wildman–Crippen LogP) is 3.30. The minimum atomic E-state index is -0.310. The van der Waals surface area contributed by atoms with Gasteiger partial charge in [0.05, 0.1) is 6.61 Å². The van der Waals surface area contributed by atoms with Crippen molar-refractivity contribution in [2.45, 2.75) is 33.1 Å². The summed E-state index contributed by atoms with van der Waals surface area (Å²) in [5, 5.41) is 4.48. The number of nitrogens with zero attached hydrogens (tertiary/aromatic N) is 2. The highest BCUT2D eigenvalue weighted by Crippen LogP contribution is 2.24. The molecule has 5 nitrogen and oxygen atoms in total. The van der Waals surface area contributed by atoms with E-state index in [0.29, 0.717) is 24.6 Å². The minimum Gasteiger partial charge on any atom is -0.476 e. The van der Waals surface area contributed by atoms with Gasteiger partial charge in [-0.2, -0.15) is 4.68 Å². The van der Waals surface area contributed by atoms with Crippen LogP contribution in [-0.4, -0.2) is 22.9 Å². The van der Waals surface area contributed by atoms with Gasteiger partial charge in [-0.1, -0.05) is 23.3 Å². The van der Waals surface area contributed by atoms with E-state index < -0.39 is 0 Å². The number of halogens is 2. The molecule has 1 aliphatic rings. The number of hydrogen-bond acceptors (Lipinski definition) is 4. The Labute approximate surface area is 139 Å². The van der Waals surface area contributed by atoms with Crippen LogP contribution in [-0.2, 0) is 0 Å². The van der Waals surface area contributed by atoms with Gasteiger partial charge >= 0.3 is 0 Å². The van der Waals surface area contributed by atoms with E-state index in [2.05, 4.69) is 16.0 Å². The van der Waals surface area contributed by atoms with E-state index >= 15 is 0 Å². The molecule has 22 heavy (non-hydrogen) atoms. The topological polar surface area (TPSA) is 56.1 Å². The molecule has 2 rings (SSSR count). The van der Waals surface area contributed by atoms with E-state index in [1.807, 2.05) is 13.0 Å². The monoisotopic (exact) mass is 343 g/mol. The second-order valence-corrected chi connectivity index (χ2v) is 5.81. The third-order valence-electron chi connectivity index (χ3n) is 3.41. The summed E-state index contributed by atoms with van der Waals surface area (Å²) in [6.07, 6.45) is 6.44. The Kier molecular flexibility index (Phi) is 6.06. The van der Waals surface area contributed by atoms with Crippen molar-refractivity contribution in [2.24, 2.45) is 0 Å². The average molecular weight is 344 g/mol. The molecule has 0 unspecified atom stereocenters. The Morgan fingerprint density at radius 3 is 2.91 bits per heavy atom. The van der Waals surface area contributed by atoms with Gasteiger partial charge in [-0.05, 0) is 51.0 Å². The molecule has 1 aliphatic carbocycles. The lowest BCUT2D eigenvalue weighted by Gasteiger charge is -2.16. The fraction of sp³-hybridized carbons (Fsp3) is 0.467. The number of hydrogen-bond donors (Lipinski definition) is 1. The van der Waals surface area contributed by atoms with Crippen LogP contribution < -0.4 is 15.1 Å². The molecular weight excluding hydrogens is 325 g/mol. The van der Waals surface area contributed by atoms with E-state index in [0.717, 1.165) is 30.5 Å². The van der Waals surface area contributed by atoms with Crippen LogP contribution >= 0.6 is 23.4 Å². The maximum Gasteiger partial charge on any atom is 0.290 e. The number of nitrogens with one attached hydrogen (secondary N) is 1. The molecule has 1 aromatic rings. The molecule has 0 aliphatic heterocycles. The molecule has 120 valence electrons. The van der Waals surface area contributed by atoms with Gasteiger partial charge in [0.1, 0.15) is 5.02 Å². The molecular formula is C15H19Cl2N3O2. The van der Waals surface area contributed by atoms with Crippen LogP contribution in [0.1, 0.15) is 31.7 Å². The second-order valence-electron chi connectivity index (χ2n) is 5.17. The second kappa shape index (κ2) is 7.81. The largest absolute Gasteiger partial charge is 0.476 e. The van der Waals surface area contributed by atoms with Crippen molar-refractivity contribution in [3.63, 3.8) is 0 Å². The molecule has 0 radical (unpaired) electrons. The van der Waals surface area contributed by atoms with Crippen LogP contribution in [0.25, 0.3) is 5.70 Å². The Bertz CT molecular complexity index is 665. The highest BCUT2D eigenvalue weighted by Gasteiger charge is 2.17. The van der Waals surface area contributed by atoms with E-state index in [1.165, 1.54) is 4.68 Å². The van der Waals surface area contributed by atoms with Gasteiger partial charge in [-0.25, -0.2) is 4.84 Å². The Morgan fingerprint density at radius 1 is 1.45 bits per heavy atom. The van der Waals surface area contributed by atoms with Crippen LogP contribution in [0.3, 0.4) is 0 Å². The molecule has 0 saturated carbocycles. The fourth-order valence-electron chi connectivity index (χ4n) is 2.21. The van der Waals surface area contributed by atoms with Crippen LogP contribution in [0, 0.1) is 6.92 Å². The summed E-state index contributed by atoms with van der Waals surface area (Å²) in [6, 6.07) is 0. The summed E-state index contributed by atoms with van der Waals surface area (Å²) in [5.74, 6) is 0.382. The van der Waals surface area contributed by atoms with Gasteiger partial charge in [-0.15, -0.1) is 5.10 Å². The zero-order chi connectivity index (χ0) is 16.1. The average Bonchev–Trinajstić information content (AvgIpc) is 2.51. The Balaban J connectivity index is 2.32. The van der Waals surface area contributed by atoms with Gasteiger partial charge in [0.15, 0.2) is 0 Å². The molecule has 7 heteroatoms. The smallest absolute Gasteiger partial charge is 0.290 e. The van der Waals surface area contributed by atoms with Crippen molar-refractivity contribution < 1.29 is 4.74 Å². The standard InChI is InChI=1S/C15H19Cl2N3O2/c1-10-5-3-6-12(9-10)20-15(21)13(16)11(2)14(19-20)22-8-4-7-18-17/h5,9,18H,3-4,6-8H2,1-2H3. The van der Waals surface area contributed by atoms with Crippen molar-refractivity contribution in [2.75, 3.05) is 13.2 Å². The zero-order valence-electron chi connectivity index (χ0n) is 12.7. The molecule has 1 heterocycles. The summed E-state index contributed by atoms with van der Waals surface area (Å²) in [5.41, 5.74) is 2.20. The van der Waals surface area contributed by atoms with Gasteiger partial charge in [0.25, 0.3) is 5.56 Å². The zero-order valence-corrected chi connectivity index (χ0v) is 14.2. The highest BCUT2D eigenvalue weighted by atomic mass is 35.5. The van der Waals surface area contributed by atoms with Gasteiger partial charge in [-0.3, -0.25) is 4.79 Å². The Morgan fingerprint density at radius 2 is 2.23 bits per heavy atom. The molecule has 0 amide bonds. The molecule has 0 atom stereocenters. The van der Waals surface area contributed by atoms with Crippen LogP contribution in [0.5, 0.6) is 5.88 Å². The summed E-state index contributed by atoms with van der Waals surface area (Å²) >= 11 is 11.6. The maximum absolute atomic E-state index is 12.3. The van der Waals surface area contributed by atoms with Crippen LogP contribution in [0.4, 0.5) is 0 Å². The molecule has 0 saturated heterocycles. The molecule has 0 bridgehead atoms. The lowest BCUT2D eigenvalue weighted by Crippen LogP contribution is -2.25. The molecule has 0 fully saturated rings. The molecule has 0 aromatic carbocycles. The Hall–Kier alpha value is -1.30. The summed E-state index contributed by atoms with van der Waals surface area (Å²) in [7, 11) is 0. The van der Waals surface area contributed by atoms with Gasteiger partial charge < -0.3 is 4.74 Å². The van der Waals surface area contributed by atoms with E-state index in [-0.39, 0.29) is 10.6 Å². The molecule has 0 spiro atoms. The van der Waals surface area contributed by atoms with Gasteiger partial charge in [0.2, 0.25) is 5.88 Å². The van der Waals surface area contributed by atoms with Crippen molar-refractivity contribution in [3.05, 3.63) is 38.7 Å². The van der Waals surface area contributed by atoms with Crippen molar-refractivity contribution >= 4 is 29.1 Å². The van der Waals surface area contributed by atoms with Crippen molar-refractivity contribution in [1.29, 1.82) is 0 Å². The number of rotatable bonds is 6. The van der Waals surface area contributed by atoms with Gasteiger partial charge in [0, 0.05) is 17.8 Å². The number of allylic oxidation sites excluding steroid dienone is 4. The number of ether oxygens (including phenoxy) is 1. The third kappa shape index (κ3) is 3.91. The lowest BCUT2D eigenvalue weighted by atomic mass is 10.1. The summed E-state index contributed by atoms with van der Waals surface area (Å²) in [6.45, 7) is 4.80. The maximum atomic E-state index is 12.3. The van der Waals surface area contributed by atoms with Crippen LogP contribution in [0.2, 0.25) is 5.02 Å². The van der Waals surface area contributed by atoms with E-state index in [1.54, 1.807) is 6.92 Å². The van der Waals surface area contributed by atoms with E-state index in [4.69, 9.17) is 28.1 Å². The first kappa shape index (κ1) is 17.1. The molecule has 1 N–H and O–H groups in total. The lowest BCUT2D eigenvalue weighted by molar-refractivity contribution is 0.291. The summed E-state index contributed by atoms with van der Waals surface area (Å²) < 4.78 is 6.99. The number of aromatic nitrogens is 2. The van der Waals surface area contributed by atoms with E-state index in [9.17, 15) is 4.79 Å². The first-order valence-electron chi connectivity index (χ1n) is 7.18. The minimum absolute atomic E-state index is 0.147. The first-order valence-corrected chi connectivity index (χ1v) is 7.93. The fourth-order valence-corrected chi connectivity index (χ4v) is 2.50. The highest BCUT2D eigenvalue weighted by molar-refractivity contribution is 6.31.